The zero-order chi connectivity index (χ0) is 14.5. The first-order chi connectivity index (χ1) is 9.59. The molecule has 2 atom stereocenters. The van der Waals surface area contributed by atoms with Crippen LogP contribution in [0, 0.1) is 0 Å². The summed E-state index contributed by atoms with van der Waals surface area (Å²) in [6.45, 7) is 3.59. The average Bonchev–Trinajstić information content (AvgIpc) is 2.97. The number of hydrogen-bond acceptors (Lipinski definition) is 5. The number of amides is 1. The summed E-state index contributed by atoms with van der Waals surface area (Å²) in [7, 11) is 0. The zero-order valence-electron chi connectivity index (χ0n) is 11.3. The molecule has 2 heterocycles. The second kappa shape index (κ2) is 6.53. The van der Waals surface area contributed by atoms with Gasteiger partial charge in [-0.15, -0.1) is 0 Å². The molecule has 1 aliphatic heterocycles. The van der Waals surface area contributed by atoms with E-state index in [0.717, 1.165) is 0 Å². The summed E-state index contributed by atoms with van der Waals surface area (Å²) < 4.78 is 5.14. The first-order valence-electron chi connectivity index (χ1n) is 6.59. The molecule has 3 N–H and O–H groups in total. The van der Waals surface area contributed by atoms with Gasteiger partial charge in [-0.05, 0) is 19.1 Å². The normalized spacial score (nSPS) is 21.4. The molecule has 1 amide bonds. The van der Waals surface area contributed by atoms with Gasteiger partial charge in [0.1, 0.15) is 11.8 Å². The van der Waals surface area contributed by atoms with Gasteiger partial charge in [-0.25, -0.2) is 0 Å². The molecule has 0 spiro atoms. The SMILES string of the molecule is CC(C(=O)NCc1ccco1)N1CCNCC1C(=O)O. The highest BCUT2D eigenvalue weighted by atomic mass is 16.4. The van der Waals surface area contributed by atoms with Crippen molar-refractivity contribution in [2.24, 2.45) is 0 Å². The van der Waals surface area contributed by atoms with Crippen LogP contribution in [0.15, 0.2) is 22.8 Å². The van der Waals surface area contributed by atoms with Crippen molar-refractivity contribution in [3.63, 3.8) is 0 Å². The quantitative estimate of drug-likeness (QED) is 0.682. The number of nitrogens with zero attached hydrogens (tertiary/aromatic N) is 1. The third-order valence-corrected chi connectivity index (χ3v) is 3.46. The highest BCUT2D eigenvalue weighted by Gasteiger charge is 2.34. The third-order valence-electron chi connectivity index (χ3n) is 3.46. The molecule has 0 saturated carbocycles. The van der Waals surface area contributed by atoms with Crippen LogP contribution in [-0.4, -0.2) is 53.6 Å². The van der Waals surface area contributed by atoms with E-state index in [9.17, 15) is 14.7 Å². The van der Waals surface area contributed by atoms with Gasteiger partial charge < -0.3 is 20.2 Å². The molecule has 0 radical (unpaired) electrons. The molecular formula is C13H19N3O4. The van der Waals surface area contributed by atoms with Crippen LogP contribution in [0.25, 0.3) is 0 Å². The van der Waals surface area contributed by atoms with E-state index in [1.54, 1.807) is 30.2 Å². The van der Waals surface area contributed by atoms with Crippen LogP contribution >= 0.6 is 0 Å². The Hall–Kier alpha value is -1.86. The van der Waals surface area contributed by atoms with Crippen molar-refractivity contribution in [1.29, 1.82) is 0 Å². The molecule has 7 heteroatoms. The maximum absolute atomic E-state index is 12.1. The number of piperazine rings is 1. The van der Waals surface area contributed by atoms with Crippen LogP contribution < -0.4 is 10.6 Å². The molecule has 0 aliphatic carbocycles. The summed E-state index contributed by atoms with van der Waals surface area (Å²) in [5.41, 5.74) is 0. The Morgan fingerprint density at radius 1 is 1.65 bits per heavy atom. The molecule has 20 heavy (non-hydrogen) atoms. The number of carbonyl (C=O) groups is 2. The van der Waals surface area contributed by atoms with E-state index >= 15 is 0 Å². The number of carboxylic acid groups (broad SMARTS) is 1. The van der Waals surface area contributed by atoms with Gasteiger partial charge in [-0.3, -0.25) is 14.5 Å². The Labute approximate surface area is 116 Å². The third kappa shape index (κ3) is 3.37. The number of hydrogen-bond donors (Lipinski definition) is 3. The molecule has 1 saturated heterocycles. The summed E-state index contributed by atoms with van der Waals surface area (Å²) in [6, 6.07) is 2.36. The fourth-order valence-corrected chi connectivity index (χ4v) is 2.30. The molecule has 0 bridgehead atoms. The minimum Gasteiger partial charge on any atom is -0.480 e. The smallest absolute Gasteiger partial charge is 0.322 e. The van der Waals surface area contributed by atoms with E-state index in [2.05, 4.69) is 10.6 Å². The van der Waals surface area contributed by atoms with Gasteiger partial charge in [0.2, 0.25) is 5.91 Å². The molecule has 0 aromatic carbocycles. The van der Waals surface area contributed by atoms with E-state index in [4.69, 9.17) is 4.42 Å². The predicted octanol–water partition coefficient (Wildman–Crippen LogP) is -0.357. The molecule has 1 aliphatic rings. The Balaban J connectivity index is 1.92. The zero-order valence-corrected chi connectivity index (χ0v) is 11.3. The summed E-state index contributed by atoms with van der Waals surface area (Å²) in [5.74, 6) is -0.446. The molecule has 1 aromatic heterocycles. The number of nitrogens with one attached hydrogen (secondary N) is 2. The number of aliphatic carboxylic acids is 1. The minimum absolute atomic E-state index is 0.199. The summed E-state index contributed by atoms with van der Waals surface area (Å²) in [5, 5.41) is 15.0. The van der Waals surface area contributed by atoms with E-state index in [0.29, 0.717) is 31.9 Å². The molecule has 2 rings (SSSR count). The Morgan fingerprint density at radius 2 is 2.45 bits per heavy atom. The van der Waals surface area contributed by atoms with Gasteiger partial charge in [-0.2, -0.15) is 0 Å². The lowest BCUT2D eigenvalue weighted by Gasteiger charge is -2.36. The largest absolute Gasteiger partial charge is 0.480 e. The van der Waals surface area contributed by atoms with Crippen molar-refractivity contribution in [3.8, 4) is 0 Å². The molecule has 110 valence electrons. The first kappa shape index (κ1) is 14.5. The summed E-state index contributed by atoms with van der Waals surface area (Å²) in [4.78, 5) is 25.0. The van der Waals surface area contributed by atoms with Gasteiger partial charge in [0.25, 0.3) is 0 Å². The van der Waals surface area contributed by atoms with Gasteiger partial charge in [-0.1, -0.05) is 0 Å². The number of rotatable bonds is 5. The number of furan rings is 1. The average molecular weight is 281 g/mol. The lowest BCUT2D eigenvalue weighted by molar-refractivity contribution is -0.146. The summed E-state index contributed by atoms with van der Waals surface area (Å²) >= 11 is 0. The molecule has 1 aromatic rings. The maximum Gasteiger partial charge on any atom is 0.322 e. The number of carbonyl (C=O) groups excluding carboxylic acids is 1. The van der Waals surface area contributed by atoms with Crippen molar-refractivity contribution in [2.45, 2.75) is 25.6 Å². The lowest BCUT2D eigenvalue weighted by atomic mass is 10.1. The minimum atomic E-state index is -0.914. The molecule has 7 nitrogen and oxygen atoms in total. The van der Waals surface area contributed by atoms with Gasteiger partial charge in [0.15, 0.2) is 0 Å². The van der Waals surface area contributed by atoms with Crippen LogP contribution in [0.4, 0.5) is 0 Å². The summed E-state index contributed by atoms with van der Waals surface area (Å²) in [6.07, 6.45) is 1.54. The topological polar surface area (TPSA) is 94.8 Å². The number of carboxylic acids is 1. The lowest BCUT2D eigenvalue weighted by Crippen LogP contribution is -2.60. The van der Waals surface area contributed by atoms with Crippen LogP contribution in [0.5, 0.6) is 0 Å². The van der Waals surface area contributed by atoms with E-state index in [1.807, 2.05) is 0 Å². The van der Waals surface area contributed by atoms with Crippen LogP contribution in [-0.2, 0) is 16.1 Å². The van der Waals surface area contributed by atoms with Crippen molar-refractivity contribution >= 4 is 11.9 Å². The standard InChI is InChI=1S/C13H19N3O4/c1-9(12(17)15-7-10-3-2-6-20-10)16-5-4-14-8-11(16)13(18)19/h2-3,6,9,11,14H,4-5,7-8H2,1H3,(H,15,17)(H,18,19). The van der Waals surface area contributed by atoms with E-state index < -0.39 is 18.1 Å². The molecule has 1 fully saturated rings. The van der Waals surface area contributed by atoms with Crippen LogP contribution in [0.2, 0.25) is 0 Å². The second-order valence-electron chi connectivity index (χ2n) is 4.77. The van der Waals surface area contributed by atoms with Crippen LogP contribution in [0.3, 0.4) is 0 Å². The fraction of sp³-hybridized carbons (Fsp3) is 0.538. The fourth-order valence-electron chi connectivity index (χ4n) is 2.30. The Morgan fingerprint density at radius 3 is 3.10 bits per heavy atom. The van der Waals surface area contributed by atoms with Crippen molar-refractivity contribution < 1.29 is 19.1 Å². The van der Waals surface area contributed by atoms with Gasteiger partial charge >= 0.3 is 5.97 Å². The highest BCUT2D eigenvalue weighted by Crippen LogP contribution is 2.09. The van der Waals surface area contributed by atoms with Crippen LogP contribution in [0.1, 0.15) is 12.7 Å². The van der Waals surface area contributed by atoms with Crippen molar-refractivity contribution in [2.75, 3.05) is 19.6 Å². The maximum atomic E-state index is 12.1. The van der Waals surface area contributed by atoms with Crippen molar-refractivity contribution in [3.05, 3.63) is 24.2 Å². The van der Waals surface area contributed by atoms with E-state index in [-0.39, 0.29) is 5.91 Å². The molecular weight excluding hydrogens is 262 g/mol. The Bertz CT molecular complexity index is 460. The van der Waals surface area contributed by atoms with Gasteiger partial charge in [0.05, 0.1) is 18.8 Å². The van der Waals surface area contributed by atoms with Gasteiger partial charge in [0, 0.05) is 19.6 Å². The first-order valence-corrected chi connectivity index (χ1v) is 6.59. The molecule has 2 unspecified atom stereocenters. The van der Waals surface area contributed by atoms with Crippen molar-refractivity contribution in [1.82, 2.24) is 15.5 Å². The predicted molar refractivity (Wildman–Crippen MR) is 71.0 cm³/mol. The second-order valence-corrected chi connectivity index (χ2v) is 4.77. The monoisotopic (exact) mass is 281 g/mol. The van der Waals surface area contributed by atoms with E-state index in [1.165, 1.54) is 0 Å². The Kier molecular flexibility index (Phi) is 4.75. The highest BCUT2D eigenvalue weighted by molar-refractivity contribution is 5.82.